The average Bonchev–Trinajstić information content (AvgIpc) is 2.92. The maximum atomic E-state index is 12.7. The Labute approximate surface area is 109 Å². The number of carbonyl (C=O) groups excluding carboxylic acids is 2. The highest BCUT2D eigenvalue weighted by atomic mass is 19.1. The highest BCUT2D eigenvalue weighted by molar-refractivity contribution is 6.01. The number of ketones is 1. The molecule has 19 heavy (non-hydrogen) atoms. The minimum Gasteiger partial charge on any atom is -0.450 e. The van der Waals surface area contributed by atoms with Crippen molar-refractivity contribution in [1.29, 1.82) is 0 Å². The van der Waals surface area contributed by atoms with Gasteiger partial charge in [0.1, 0.15) is 11.5 Å². The lowest BCUT2D eigenvalue weighted by atomic mass is 10.1. The van der Waals surface area contributed by atoms with E-state index in [1.54, 1.807) is 18.3 Å². The minimum atomic E-state index is -0.929. The average molecular weight is 261 g/mol. The maximum absolute atomic E-state index is 12.7. The summed E-state index contributed by atoms with van der Waals surface area (Å²) in [5.74, 6) is -1.40. The van der Waals surface area contributed by atoms with Gasteiger partial charge in [-0.2, -0.15) is 0 Å². The first-order valence-electron chi connectivity index (χ1n) is 5.72. The van der Waals surface area contributed by atoms with Crippen molar-refractivity contribution in [3.63, 3.8) is 0 Å². The number of nitrogens with one attached hydrogen (secondary N) is 1. The van der Waals surface area contributed by atoms with Crippen LogP contribution in [0.2, 0.25) is 0 Å². The highest BCUT2D eigenvalue weighted by Crippen LogP contribution is 2.10. The minimum absolute atomic E-state index is 0.277. The van der Waals surface area contributed by atoms with Gasteiger partial charge in [-0.05, 0) is 43.3 Å². The van der Waals surface area contributed by atoms with Gasteiger partial charge in [0.05, 0.1) is 0 Å². The first-order valence-corrected chi connectivity index (χ1v) is 5.72. The van der Waals surface area contributed by atoms with E-state index in [9.17, 15) is 14.0 Å². The van der Waals surface area contributed by atoms with Crippen molar-refractivity contribution >= 4 is 11.8 Å². The van der Waals surface area contributed by atoms with Gasteiger partial charge in [0.2, 0.25) is 5.78 Å². The third kappa shape index (κ3) is 3.07. The van der Waals surface area contributed by atoms with Crippen LogP contribution in [0.15, 0.2) is 42.6 Å². The molecule has 0 saturated carbocycles. The van der Waals surface area contributed by atoms with E-state index < -0.39 is 17.9 Å². The standard InChI is InChI=1S/C14H12FNO3/c1-9(19-14(18)12-3-2-8-16-12)13(17)10-4-6-11(15)7-5-10/h2-9,16H,1H3/t9-/m1/s1. The van der Waals surface area contributed by atoms with Crippen LogP contribution in [0, 0.1) is 5.82 Å². The number of benzene rings is 1. The van der Waals surface area contributed by atoms with Crippen molar-refractivity contribution < 1.29 is 18.7 Å². The van der Waals surface area contributed by atoms with Crippen molar-refractivity contribution in [1.82, 2.24) is 4.98 Å². The van der Waals surface area contributed by atoms with E-state index in [0.717, 1.165) is 0 Å². The number of H-pyrrole nitrogens is 1. The SMILES string of the molecule is C[C@@H](OC(=O)c1ccc[nH]1)C(=O)c1ccc(F)cc1. The molecule has 1 aromatic heterocycles. The molecule has 0 bridgehead atoms. The zero-order chi connectivity index (χ0) is 13.8. The molecule has 4 nitrogen and oxygen atoms in total. The molecule has 2 aromatic rings. The molecule has 0 saturated heterocycles. The van der Waals surface area contributed by atoms with E-state index in [4.69, 9.17) is 4.74 Å². The summed E-state index contributed by atoms with van der Waals surface area (Å²) >= 11 is 0. The summed E-state index contributed by atoms with van der Waals surface area (Å²) in [6, 6.07) is 8.30. The fraction of sp³-hybridized carbons (Fsp3) is 0.143. The lowest BCUT2D eigenvalue weighted by Gasteiger charge is -2.11. The number of aromatic nitrogens is 1. The second-order valence-corrected chi connectivity index (χ2v) is 4.00. The molecule has 0 aliphatic heterocycles. The molecule has 2 rings (SSSR count). The second kappa shape index (κ2) is 5.48. The molecular weight excluding hydrogens is 249 g/mol. The lowest BCUT2D eigenvalue weighted by molar-refractivity contribution is 0.0314. The lowest BCUT2D eigenvalue weighted by Crippen LogP contribution is -2.24. The van der Waals surface area contributed by atoms with E-state index in [1.165, 1.54) is 31.2 Å². The molecule has 1 atom stereocenters. The molecule has 1 heterocycles. The topological polar surface area (TPSA) is 59.2 Å². The normalized spacial score (nSPS) is 11.9. The van der Waals surface area contributed by atoms with E-state index in [-0.39, 0.29) is 11.5 Å². The zero-order valence-electron chi connectivity index (χ0n) is 10.2. The summed E-state index contributed by atoms with van der Waals surface area (Å²) in [7, 11) is 0. The van der Waals surface area contributed by atoms with Crippen LogP contribution in [-0.2, 0) is 4.74 Å². The highest BCUT2D eigenvalue weighted by Gasteiger charge is 2.20. The van der Waals surface area contributed by atoms with Crippen LogP contribution < -0.4 is 0 Å². The molecule has 0 unspecified atom stereocenters. The monoisotopic (exact) mass is 261 g/mol. The quantitative estimate of drug-likeness (QED) is 0.679. The molecule has 5 heteroatoms. The number of hydrogen-bond donors (Lipinski definition) is 1. The Balaban J connectivity index is 2.03. The van der Waals surface area contributed by atoms with Gasteiger partial charge >= 0.3 is 5.97 Å². The number of esters is 1. The second-order valence-electron chi connectivity index (χ2n) is 4.00. The van der Waals surface area contributed by atoms with Crippen LogP contribution in [0.5, 0.6) is 0 Å². The van der Waals surface area contributed by atoms with Gasteiger partial charge < -0.3 is 9.72 Å². The van der Waals surface area contributed by atoms with Gasteiger partial charge in [-0.1, -0.05) is 0 Å². The van der Waals surface area contributed by atoms with Crippen LogP contribution in [0.1, 0.15) is 27.8 Å². The molecule has 98 valence electrons. The van der Waals surface area contributed by atoms with E-state index >= 15 is 0 Å². The molecule has 0 aliphatic rings. The Morgan fingerprint density at radius 1 is 1.21 bits per heavy atom. The molecular formula is C14H12FNO3. The van der Waals surface area contributed by atoms with Gasteiger partial charge in [0.15, 0.2) is 6.10 Å². The number of carbonyl (C=O) groups is 2. The van der Waals surface area contributed by atoms with Gasteiger partial charge in [-0.3, -0.25) is 4.79 Å². The summed E-state index contributed by atoms with van der Waals surface area (Å²) in [5, 5.41) is 0. The molecule has 0 spiro atoms. The number of hydrogen-bond acceptors (Lipinski definition) is 3. The van der Waals surface area contributed by atoms with E-state index in [2.05, 4.69) is 4.98 Å². The smallest absolute Gasteiger partial charge is 0.355 e. The Kier molecular flexibility index (Phi) is 3.75. The van der Waals surface area contributed by atoms with Crippen LogP contribution in [0.3, 0.4) is 0 Å². The number of ether oxygens (including phenoxy) is 1. The van der Waals surface area contributed by atoms with E-state index in [1.807, 2.05) is 0 Å². The molecule has 1 aromatic carbocycles. The molecule has 0 radical (unpaired) electrons. The third-order valence-corrected chi connectivity index (χ3v) is 2.60. The van der Waals surface area contributed by atoms with Crippen LogP contribution in [0.25, 0.3) is 0 Å². The van der Waals surface area contributed by atoms with Crippen LogP contribution in [-0.4, -0.2) is 22.8 Å². The van der Waals surface area contributed by atoms with Crippen molar-refractivity contribution in [3.05, 3.63) is 59.7 Å². The summed E-state index contributed by atoms with van der Waals surface area (Å²) in [6.45, 7) is 1.48. The number of Topliss-reactive ketones (excluding diaryl/α,β-unsaturated/α-hetero) is 1. The molecule has 0 fully saturated rings. The predicted molar refractivity (Wildman–Crippen MR) is 66.4 cm³/mol. The maximum Gasteiger partial charge on any atom is 0.355 e. The number of halogens is 1. The molecule has 1 N–H and O–H groups in total. The van der Waals surface area contributed by atoms with Gasteiger partial charge in [0.25, 0.3) is 0 Å². The Hall–Kier alpha value is -2.43. The molecule has 0 amide bonds. The Morgan fingerprint density at radius 3 is 2.47 bits per heavy atom. The number of rotatable bonds is 4. The Bertz CT molecular complexity index is 575. The van der Waals surface area contributed by atoms with Gasteiger partial charge in [0, 0.05) is 11.8 Å². The fourth-order valence-electron chi connectivity index (χ4n) is 1.58. The fourth-order valence-corrected chi connectivity index (χ4v) is 1.58. The predicted octanol–water partition coefficient (Wildman–Crippen LogP) is 2.58. The third-order valence-electron chi connectivity index (χ3n) is 2.60. The van der Waals surface area contributed by atoms with Crippen LogP contribution in [0.4, 0.5) is 4.39 Å². The summed E-state index contributed by atoms with van der Waals surface area (Å²) in [5.41, 5.74) is 0.576. The van der Waals surface area contributed by atoms with Crippen LogP contribution >= 0.6 is 0 Å². The first kappa shape index (κ1) is 13.0. The number of aromatic amines is 1. The van der Waals surface area contributed by atoms with E-state index in [0.29, 0.717) is 5.56 Å². The van der Waals surface area contributed by atoms with Crippen molar-refractivity contribution in [2.45, 2.75) is 13.0 Å². The molecule has 0 aliphatic carbocycles. The van der Waals surface area contributed by atoms with Gasteiger partial charge in [-0.15, -0.1) is 0 Å². The summed E-state index contributed by atoms with van der Waals surface area (Å²) in [4.78, 5) is 26.3. The zero-order valence-corrected chi connectivity index (χ0v) is 10.2. The van der Waals surface area contributed by atoms with Crippen molar-refractivity contribution in [3.8, 4) is 0 Å². The van der Waals surface area contributed by atoms with Crippen molar-refractivity contribution in [2.24, 2.45) is 0 Å². The summed E-state index contributed by atoms with van der Waals surface area (Å²) in [6.07, 6.45) is 0.657. The van der Waals surface area contributed by atoms with Gasteiger partial charge in [-0.25, -0.2) is 9.18 Å². The first-order chi connectivity index (χ1) is 9.08. The largest absolute Gasteiger partial charge is 0.450 e. The Morgan fingerprint density at radius 2 is 1.89 bits per heavy atom. The summed E-state index contributed by atoms with van der Waals surface area (Å²) < 4.78 is 17.8. The van der Waals surface area contributed by atoms with Crippen molar-refractivity contribution in [2.75, 3.05) is 0 Å².